The first kappa shape index (κ1) is 11.8. The highest BCUT2D eigenvalue weighted by atomic mass is 32.2. The maximum atomic E-state index is 10.2. The van der Waals surface area contributed by atoms with Crippen molar-refractivity contribution in [3.63, 3.8) is 0 Å². The molecule has 1 N–H and O–H groups in total. The van der Waals surface area contributed by atoms with E-state index < -0.39 is 16.8 Å². The van der Waals surface area contributed by atoms with Crippen LogP contribution in [0.2, 0.25) is 0 Å². The minimum Gasteiger partial charge on any atom is -0.481 e. The molecule has 0 aliphatic heterocycles. The van der Waals surface area contributed by atoms with E-state index in [2.05, 4.69) is 0 Å². The Morgan fingerprint density at radius 1 is 1.60 bits per heavy atom. The van der Waals surface area contributed by atoms with E-state index in [1.54, 1.807) is 0 Å². The van der Waals surface area contributed by atoms with Crippen LogP contribution in [0.15, 0.2) is 0 Å². The Morgan fingerprint density at radius 3 is 2.10 bits per heavy atom. The highest BCUT2D eigenvalue weighted by Gasteiger charge is 1.96. The molecule has 0 amide bonds. The van der Waals surface area contributed by atoms with Gasteiger partial charge in [0, 0.05) is 33.6 Å². The second-order valence-corrected chi connectivity index (χ2v) is 2.98. The zero-order valence-electron chi connectivity index (χ0n) is 5.48. The van der Waals surface area contributed by atoms with Gasteiger partial charge in [-0.25, -0.2) is 0 Å². The van der Waals surface area contributed by atoms with E-state index in [1.807, 2.05) is 0 Å². The average molecular weight is 164 g/mol. The van der Waals surface area contributed by atoms with Crippen LogP contribution in [0.5, 0.6) is 0 Å². The zero-order chi connectivity index (χ0) is 8.57. The van der Waals surface area contributed by atoms with E-state index in [-0.39, 0.29) is 12.2 Å². The molecule has 0 saturated carbocycles. The quantitative estimate of drug-likeness (QED) is 0.585. The van der Waals surface area contributed by atoms with Crippen molar-refractivity contribution in [3.05, 3.63) is 0 Å². The monoisotopic (exact) mass is 164 g/mol. The molecule has 0 aromatic rings. The van der Waals surface area contributed by atoms with Crippen molar-refractivity contribution in [2.24, 2.45) is 0 Å². The van der Waals surface area contributed by atoms with Crippen molar-refractivity contribution in [3.8, 4) is 0 Å². The summed E-state index contributed by atoms with van der Waals surface area (Å²) in [6.45, 7) is 0. The molecule has 10 heavy (non-hydrogen) atoms. The van der Waals surface area contributed by atoms with Gasteiger partial charge in [-0.15, -0.1) is 0 Å². The summed E-state index contributed by atoms with van der Waals surface area (Å²) < 4.78 is 10.2. The minimum absolute atomic E-state index is 0.00309. The van der Waals surface area contributed by atoms with E-state index in [1.165, 1.54) is 6.26 Å². The molecule has 0 bridgehead atoms. The largest absolute Gasteiger partial charge is 0.481 e. The molecule has 0 aromatic heterocycles. The van der Waals surface area contributed by atoms with Gasteiger partial charge in [0.05, 0.1) is 6.42 Å². The summed E-state index contributed by atoms with van der Waals surface area (Å²) in [5, 5.41) is 20.0. The number of carboxylic acids is 1. The van der Waals surface area contributed by atoms with Crippen molar-refractivity contribution in [1.29, 1.82) is 10.8 Å². The SMILES string of the molecule is CS(=O)CCC(=O)O.N#N. The average Bonchev–Trinajstić information content (AvgIpc) is 1.89. The first-order valence-corrected chi connectivity index (χ1v) is 4.07. The van der Waals surface area contributed by atoms with Crippen LogP contribution in [-0.2, 0) is 15.6 Å². The van der Waals surface area contributed by atoms with Gasteiger partial charge in [0.1, 0.15) is 0 Å². The summed E-state index contributed by atoms with van der Waals surface area (Å²) in [6.07, 6.45) is 1.49. The van der Waals surface area contributed by atoms with E-state index in [9.17, 15) is 9.00 Å². The number of carbonyl (C=O) groups is 1. The van der Waals surface area contributed by atoms with E-state index in [0.29, 0.717) is 0 Å². The molecule has 0 radical (unpaired) electrons. The zero-order valence-corrected chi connectivity index (χ0v) is 6.30. The molecule has 0 fully saturated rings. The Balaban J connectivity index is 0. The minimum atomic E-state index is -0.967. The van der Waals surface area contributed by atoms with Crippen LogP contribution in [0.1, 0.15) is 6.42 Å². The van der Waals surface area contributed by atoms with Crippen LogP contribution in [0.25, 0.3) is 0 Å². The molecule has 0 aromatic carbocycles. The number of rotatable bonds is 3. The maximum absolute atomic E-state index is 10.2. The first-order valence-electron chi connectivity index (χ1n) is 2.34. The van der Waals surface area contributed by atoms with Crippen LogP contribution in [0.4, 0.5) is 0 Å². The Kier molecular flexibility index (Phi) is 9.48. The molecule has 0 rings (SSSR count). The number of carboxylic acid groups (broad SMARTS) is 1. The third-order valence-electron chi connectivity index (χ3n) is 0.603. The summed E-state index contributed by atoms with van der Waals surface area (Å²) in [5.41, 5.74) is 0. The fourth-order valence-electron chi connectivity index (χ4n) is 0.231. The van der Waals surface area contributed by atoms with Gasteiger partial charge in [0.15, 0.2) is 0 Å². The topological polar surface area (TPSA) is 102 Å². The van der Waals surface area contributed by atoms with Gasteiger partial charge in [-0.1, -0.05) is 0 Å². The molecule has 0 aliphatic rings. The smallest absolute Gasteiger partial charge is 0.304 e. The third kappa shape index (κ3) is 15.7. The second-order valence-electron chi connectivity index (χ2n) is 1.42. The van der Waals surface area contributed by atoms with Gasteiger partial charge in [-0.05, 0) is 0 Å². The van der Waals surface area contributed by atoms with Crippen molar-refractivity contribution >= 4 is 16.8 Å². The van der Waals surface area contributed by atoms with Gasteiger partial charge >= 0.3 is 5.97 Å². The van der Waals surface area contributed by atoms with Crippen molar-refractivity contribution in [2.75, 3.05) is 12.0 Å². The number of aliphatic carboxylic acids is 1. The van der Waals surface area contributed by atoms with Gasteiger partial charge in [-0.3, -0.25) is 9.00 Å². The lowest BCUT2D eigenvalue weighted by atomic mass is 10.5. The number of hydrogen-bond acceptors (Lipinski definition) is 4. The van der Waals surface area contributed by atoms with E-state index in [4.69, 9.17) is 15.9 Å². The third-order valence-corrected chi connectivity index (χ3v) is 1.38. The van der Waals surface area contributed by atoms with Crippen LogP contribution >= 0.6 is 0 Å². The van der Waals surface area contributed by atoms with E-state index in [0.717, 1.165) is 0 Å². The molecule has 5 nitrogen and oxygen atoms in total. The lowest BCUT2D eigenvalue weighted by Gasteiger charge is -1.87. The standard InChI is InChI=1S/C4H8O3S.N2/c1-8(7)3-2-4(5)6;1-2/h2-3H2,1H3,(H,5,6);. The van der Waals surface area contributed by atoms with Crippen molar-refractivity contribution in [1.82, 2.24) is 0 Å². The second kappa shape index (κ2) is 8.04. The summed E-state index contributed by atoms with van der Waals surface area (Å²) in [5.74, 6) is -0.629. The summed E-state index contributed by atoms with van der Waals surface area (Å²) in [6, 6.07) is 0. The molecule has 0 saturated heterocycles. The number of hydrogen-bond donors (Lipinski definition) is 1. The van der Waals surface area contributed by atoms with Crippen LogP contribution in [0.3, 0.4) is 0 Å². The summed E-state index contributed by atoms with van der Waals surface area (Å²) in [7, 11) is -0.967. The molecule has 0 heterocycles. The Morgan fingerprint density at radius 2 is 2.00 bits per heavy atom. The van der Waals surface area contributed by atoms with Crippen LogP contribution in [-0.4, -0.2) is 27.3 Å². The van der Waals surface area contributed by atoms with Crippen LogP contribution in [0, 0.1) is 10.8 Å². The lowest BCUT2D eigenvalue weighted by molar-refractivity contribution is -0.136. The van der Waals surface area contributed by atoms with Gasteiger partial charge < -0.3 is 5.11 Å². The number of nitrogens with zero attached hydrogens (tertiary/aromatic N) is 2. The van der Waals surface area contributed by atoms with Crippen LogP contribution < -0.4 is 0 Å². The summed E-state index contributed by atoms with van der Waals surface area (Å²) >= 11 is 0. The molecule has 0 aliphatic carbocycles. The molecule has 0 spiro atoms. The fraction of sp³-hybridized carbons (Fsp3) is 0.750. The predicted octanol–water partition coefficient (Wildman–Crippen LogP) is -0.130. The predicted molar refractivity (Wildman–Crippen MR) is 34.6 cm³/mol. The lowest BCUT2D eigenvalue weighted by Crippen LogP contribution is -2.02. The maximum Gasteiger partial charge on any atom is 0.304 e. The molecular weight excluding hydrogens is 156 g/mol. The molecular formula is C4H8N2O3S. The highest BCUT2D eigenvalue weighted by Crippen LogP contribution is 1.81. The van der Waals surface area contributed by atoms with Crippen molar-refractivity contribution in [2.45, 2.75) is 6.42 Å². The van der Waals surface area contributed by atoms with Crippen molar-refractivity contribution < 1.29 is 14.1 Å². The van der Waals surface area contributed by atoms with E-state index >= 15 is 0 Å². The molecule has 1 atom stereocenters. The Bertz CT molecular complexity index is 131. The Hall–Kier alpha value is -0.960. The molecule has 1 unspecified atom stereocenters. The fourth-order valence-corrected chi connectivity index (χ4v) is 0.693. The normalized spacial score (nSPS) is 10.7. The molecule has 58 valence electrons. The molecule has 6 heteroatoms. The summed E-state index contributed by atoms with van der Waals surface area (Å²) in [4.78, 5) is 9.77. The first-order chi connectivity index (χ1) is 4.63. The van der Waals surface area contributed by atoms with Gasteiger partial charge in [0.25, 0.3) is 0 Å². The highest BCUT2D eigenvalue weighted by molar-refractivity contribution is 7.84. The van der Waals surface area contributed by atoms with Gasteiger partial charge in [0.2, 0.25) is 0 Å². The van der Waals surface area contributed by atoms with Gasteiger partial charge in [-0.2, -0.15) is 0 Å². The Labute approximate surface area is 60.9 Å².